The molecule has 0 aromatic rings. The lowest BCUT2D eigenvalue weighted by Crippen LogP contribution is -2.69. The van der Waals surface area contributed by atoms with Gasteiger partial charge in [-0.1, -0.05) is 45.1 Å². The number of esters is 1. The van der Waals surface area contributed by atoms with Gasteiger partial charge in [-0.25, -0.2) is 0 Å². The van der Waals surface area contributed by atoms with E-state index in [4.69, 9.17) is 4.74 Å². The summed E-state index contributed by atoms with van der Waals surface area (Å²) >= 11 is 0. The Morgan fingerprint density at radius 1 is 1.21 bits per heavy atom. The van der Waals surface area contributed by atoms with Crippen molar-refractivity contribution in [2.75, 3.05) is 0 Å². The second-order valence-electron chi connectivity index (χ2n) is 8.62. The van der Waals surface area contributed by atoms with Crippen molar-refractivity contribution in [3.05, 3.63) is 24.3 Å². The normalized spacial score (nSPS) is 58.9. The van der Waals surface area contributed by atoms with Crippen molar-refractivity contribution in [1.82, 2.24) is 0 Å². The highest BCUT2D eigenvalue weighted by Gasteiger charge is 2.74. The van der Waals surface area contributed by atoms with Gasteiger partial charge in [0, 0.05) is 16.7 Å². The monoisotopic (exact) mass is 334 g/mol. The number of allylic oxidation sites excluding steroid dienone is 2. The van der Waals surface area contributed by atoms with Gasteiger partial charge in [0.15, 0.2) is 0 Å². The Kier molecular flexibility index (Phi) is 3.20. The van der Waals surface area contributed by atoms with Crippen molar-refractivity contribution < 1.29 is 24.9 Å². The Labute approximate surface area is 142 Å². The van der Waals surface area contributed by atoms with Crippen LogP contribution in [0, 0.1) is 34.5 Å². The first kappa shape index (κ1) is 16.3. The van der Waals surface area contributed by atoms with Crippen LogP contribution in [0.2, 0.25) is 0 Å². The van der Waals surface area contributed by atoms with Crippen molar-refractivity contribution in [1.29, 1.82) is 0 Å². The maximum absolute atomic E-state index is 12.6. The van der Waals surface area contributed by atoms with Gasteiger partial charge in [0.25, 0.3) is 0 Å². The van der Waals surface area contributed by atoms with E-state index >= 15 is 0 Å². The second-order valence-corrected chi connectivity index (χ2v) is 8.62. The van der Waals surface area contributed by atoms with E-state index in [0.29, 0.717) is 6.42 Å². The Morgan fingerprint density at radius 2 is 1.88 bits per heavy atom. The summed E-state index contributed by atoms with van der Waals surface area (Å²) in [6.45, 7) is 9.85. The van der Waals surface area contributed by atoms with Crippen LogP contribution in [0.15, 0.2) is 24.3 Å². The predicted octanol–water partition coefficient (Wildman–Crippen LogP) is 1.04. The van der Waals surface area contributed by atoms with Gasteiger partial charge < -0.3 is 20.1 Å². The van der Waals surface area contributed by atoms with E-state index in [-0.39, 0.29) is 23.9 Å². The third-order valence-corrected chi connectivity index (χ3v) is 7.75. The fourth-order valence-electron chi connectivity index (χ4n) is 6.55. The average molecular weight is 334 g/mol. The fraction of sp³-hybridized carbons (Fsp3) is 0.737. The molecule has 2 saturated carbocycles. The molecule has 10 atom stereocenters. The van der Waals surface area contributed by atoms with E-state index in [1.54, 1.807) is 13.0 Å². The zero-order chi connectivity index (χ0) is 17.6. The lowest BCUT2D eigenvalue weighted by Gasteiger charge is -2.64. The lowest BCUT2D eigenvalue weighted by molar-refractivity contribution is -0.237. The molecule has 132 valence electrons. The minimum Gasteiger partial charge on any atom is -0.461 e. The van der Waals surface area contributed by atoms with E-state index in [0.717, 1.165) is 5.57 Å². The minimum absolute atomic E-state index is 0.0950. The molecule has 0 amide bonds. The summed E-state index contributed by atoms with van der Waals surface area (Å²) in [5, 5.41) is 32.4. The summed E-state index contributed by atoms with van der Waals surface area (Å²) in [5.74, 6) is -1.68. The van der Waals surface area contributed by atoms with E-state index in [9.17, 15) is 20.1 Å². The van der Waals surface area contributed by atoms with Crippen LogP contribution in [-0.2, 0) is 9.53 Å². The van der Waals surface area contributed by atoms with Crippen molar-refractivity contribution in [3.8, 4) is 0 Å². The highest BCUT2D eigenvalue weighted by atomic mass is 16.6. The molecule has 0 spiro atoms. The van der Waals surface area contributed by atoms with Gasteiger partial charge in [-0.3, -0.25) is 4.79 Å². The number of ether oxygens (including phenoxy) is 1. The maximum atomic E-state index is 12.6. The van der Waals surface area contributed by atoms with Gasteiger partial charge in [-0.15, -0.1) is 0 Å². The Morgan fingerprint density at radius 3 is 2.54 bits per heavy atom. The van der Waals surface area contributed by atoms with E-state index in [1.165, 1.54) is 0 Å². The van der Waals surface area contributed by atoms with Crippen LogP contribution in [0.3, 0.4) is 0 Å². The number of aliphatic hydroxyl groups excluding tert-OH is 3. The van der Waals surface area contributed by atoms with Crippen LogP contribution in [0.5, 0.6) is 0 Å². The first-order valence-electron chi connectivity index (χ1n) is 8.76. The smallest absolute Gasteiger partial charge is 0.310 e. The van der Waals surface area contributed by atoms with Crippen LogP contribution >= 0.6 is 0 Å². The highest BCUT2D eigenvalue weighted by molar-refractivity contribution is 5.77. The summed E-state index contributed by atoms with van der Waals surface area (Å²) in [5.41, 5.74) is -0.416. The number of rotatable bonds is 0. The second kappa shape index (κ2) is 4.71. The molecule has 5 heteroatoms. The fourth-order valence-corrected chi connectivity index (χ4v) is 6.55. The van der Waals surface area contributed by atoms with Crippen molar-refractivity contribution in [3.63, 3.8) is 0 Å². The van der Waals surface area contributed by atoms with Crippen LogP contribution in [-0.4, -0.2) is 45.7 Å². The molecular formula is C19H26O5. The van der Waals surface area contributed by atoms with E-state index < -0.39 is 41.0 Å². The molecule has 1 aliphatic heterocycles. The Balaban J connectivity index is 1.94. The standard InChI is InChI=1S/C19H26O5/c1-8-5-6-11(20)18(3)10(8)7-12-19(4)13(17(23)24-12)9(2)14(21)15(22)16(18)19/h5-6,9-16,20-22H,1,7H2,2-4H3/t9-,10+,11-,12-,13-,14-,15+,16-,18-,19+/m1/s1. The number of hydrogen-bond acceptors (Lipinski definition) is 5. The summed E-state index contributed by atoms with van der Waals surface area (Å²) in [7, 11) is 0. The van der Waals surface area contributed by atoms with Crippen molar-refractivity contribution >= 4 is 5.97 Å². The molecular weight excluding hydrogens is 308 g/mol. The molecule has 3 aliphatic carbocycles. The molecule has 3 fully saturated rings. The number of carbonyl (C=O) groups excluding carboxylic acids is 1. The number of fused-ring (bicyclic) bond motifs is 2. The lowest BCUT2D eigenvalue weighted by atomic mass is 9.40. The molecule has 24 heavy (non-hydrogen) atoms. The van der Waals surface area contributed by atoms with Gasteiger partial charge in [0.2, 0.25) is 0 Å². The Hall–Kier alpha value is -1.17. The molecule has 3 N–H and O–H groups in total. The van der Waals surface area contributed by atoms with E-state index in [2.05, 4.69) is 6.58 Å². The van der Waals surface area contributed by atoms with Gasteiger partial charge >= 0.3 is 5.97 Å². The largest absolute Gasteiger partial charge is 0.461 e. The molecule has 0 aromatic carbocycles. The third-order valence-electron chi connectivity index (χ3n) is 7.75. The number of carbonyl (C=O) groups is 1. The predicted molar refractivity (Wildman–Crippen MR) is 86.6 cm³/mol. The highest BCUT2D eigenvalue weighted by Crippen LogP contribution is 2.68. The summed E-state index contributed by atoms with van der Waals surface area (Å²) in [6, 6.07) is 0. The maximum Gasteiger partial charge on any atom is 0.310 e. The third kappa shape index (κ3) is 1.59. The molecule has 1 saturated heterocycles. The first-order valence-corrected chi connectivity index (χ1v) is 8.76. The van der Waals surface area contributed by atoms with Gasteiger partial charge in [0.05, 0.1) is 24.2 Å². The first-order chi connectivity index (χ1) is 11.1. The quantitative estimate of drug-likeness (QED) is 0.576. The van der Waals surface area contributed by atoms with Crippen molar-refractivity contribution in [2.24, 2.45) is 34.5 Å². The van der Waals surface area contributed by atoms with Crippen molar-refractivity contribution in [2.45, 2.75) is 51.6 Å². The Bertz CT molecular complexity index is 642. The van der Waals surface area contributed by atoms with Gasteiger partial charge in [0.1, 0.15) is 6.10 Å². The zero-order valence-corrected chi connectivity index (χ0v) is 14.3. The number of aliphatic hydroxyl groups is 3. The SMILES string of the molecule is C=C1C=C[C@@H](O)[C@]2(C)[C@H]3[C@@H](O)[C@H](O)[C@H](C)[C@@H]4C(=O)O[C@H](C[C@@H]12)[C@]34C. The molecule has 4 rings (SSSR count). The minimum atomic E-state index is -1.01. The van der Waals surface area contributed by atoms with Crippen LogP contribution in [0.1, 0.15) is 27.2 Å². The van der Waals surface area contributed by atoms with Crippen LogP contribution < -0.4 is 0 Å². The molecule has 5 nitrogen and oxygen atoms in total. The molecule has 1 heterocycles. The zero-order valence-electron chi connectivity index (χ0n) is 14.3. The molecule has 0 aromatic heterocycles. The molecule has 4 aliphatic rings. The molecule has 0 radical (unpaired) electrons. The van der Waals surface area contributed by atoms with Gasteiger partial charge in [-0.2, -0.15) is 0 Å². The summed E-state index contributed by atoms with van der Waals surface area (Å²) in [6.07, 6.45) is 1.03. The van der Waals surface area contributed by atoms with Gasteiger partial charge in [-0.05, 0) is 18.3 Å². The summed E-state index contributed by atoms with van der Waals surface area (Å²) in [4.78, 5) is 12.6. The average Bonchev–Trinajstić information content (AvgIpc) is 2.77. The molecule has 0 unspecified atom stereocenters. The topological polar surface area (TPSA) is 87.0 Å². The number of hydrogen-bond donors (Lipinski definition) is 3. The molecule has 0 bridgehead atoms. The summed E-state index contributed by atoms with van der Waals surface area (Å²) < 4.78 is 5.72. The van der Waals surface area contributed by atoms with Crippen LogP contribution in [0.4, 0.5) is 0 Å². The van der Waals surface area contributed by atoms with E-state index in [1.807, 2.05) is 19.9 Å². The van der Waals surface area contributed by atoms with Crippen LogP contribution in [0.25, 0.3) is 0 Å².